The molecule has 3 nitrogen and oxygen atoms in total. The highest BCUT2D eigenvalue weighted by atomic mass is 16.6. The second-order valence-electron chi connectivity index (χ2n) is 6.98. The summed E-state index contributed by atoms with van der Waals surface area (Å²) in [5.41, 5.74) is 1.30. The van der Waals surface area contributed by atoms with Crippen LogP contribution in [0.3, 0.4) is 0 Å². The summed E-state index contributed by atoms with van der Waals surface area (Å²) in [6.07, 6.45) is 1.47. The van der Waals surface area contributed by atoms with Crippen molar-refractivity contribution in [1.82, 2.24) is 0 Å². The first-order valence-electron chi connectivity index (χ1n) is 8.30. The van der Waals surface area contributed by atoms with E-state index in [-0.39, 0.29) is 11.9 Å². The number of esters is 2. The highest BCUT2D eigenvalue weighted by Crippen LogP contribution is 2.48. The average molecular weight is 316 g/mol. The SMILES string of the molecule is CC12C(=O)OC(=O)C1CCc1c2ccc2c1ccc1ccccc12. The Morgan fingerprint density at radius 2 is 1.75 bits per heavy atom. The number of hydrogen-bond acceptors (Lipinski definition) is 3. The molecule has 1 heterocycles. The van der Waals surface area contributed by atoms with Crippen molar-refractivity contribution in [2.45, 2.75) is 25.2 Å². The van der Waals surface area contributed by atoms with Crippen LogP contribution in [0.15, 0.2) is 48.5 Å². The fourth-order valence-corrected chi connectivity index (χ4v) is 4.55. The first-order valence-corrected chi connectivity index (χ1v) is 8.30. The molecule has 2 unspecified atom stereocenters. The first kappa shape index (κ1) is 13.7. The molecule has 2 atom stereocenters. The van der Waals surface area contributed by atoms with E-state index >= 15 is 0 Å². The summed E-state index contributed by atoms with van der Waals surface area (Å²) in [4.78, 5) is 24.4. The van der Waals surface area contributed by atoms with Crippen molar-refractivity contribution in [1.29, 1.82) is 0 Å². The van der Waals surface area contributed by atoms with Gasteiger partial charge in [0, 0.05) is 0 Å². The Kier molecular flexibility index (Phi) is 2.54. The zero-order valence-corrected chi connectivity index (χ0v) is 13.3. The Morgan fingerprint density at radius 3 is 2.62 bits per heavy atom. The summed E-state index contributed by atoms with van der Waals surface area (Å²) < 4.78 is 4.97. The highest BCUT2D eigenvalue weighted by Gasteiger charge is 2.57. The van der Waals surface area contributed by atoms with Crippen LogP contribution in [0.2, 0.25) is 0 Å². The number of ether oxygens (including phenoxy) is 1. The molecule has 118 valence electrons. The molecule has 0 aromatic heterocycles. The monoisotopic (exact) mass is 316 g/mol. The molecule has 24 heavy (non-hydrogen) atoms. The molecule has 1 fully saturated rings. The molecule has 0 N–H and O–H groups in total. The van der Waals surface area contributed by atoms with Gasteiger partial charge in [-0.25, -0.2) is 0 Å². The number of rotatable bonds is 0. The molecule has 0 spiro atoms. The molecule has 0 radical (unpaired) electrons. The van der Waals surface area contributed by atoms with Crippen LogP contribution < -0.4 is 0 Å². The van der Waals surface area contributed by atoms with Crippen molar-refractivity contribution in [2.24, 2.45) is 5.92 Å². The van der Waals surface area contributed by atoms with Gasteiger partial charge in [0.15, 0.2) is 0 Å². The molecule has 1 aliphatic carbocycles. The normalized spacial score (nSPS) is 25.6. The Bertz CT molecular complexity index is 1050. The van der Waals surface area contributed by atoms with Crippen molar-refractivity contribution < 1.29 is 14.3 Å². The van der Waals surface area contributed by atoms with E-state index in [4.69, 9.17) is 4.74 Å². The van der Waals surface area contributed by atoms with E-state index in [0.29, 0.717) is 6.42 Å². The van der Waals surface area contributed by atoms with Crippen LogP contribution in [0.1, 0.15) is 24.5 Å². The van der Waals surface area contributed by atoms with E-state index in [1.54, 1.807) is 0 Å². The summed E-state index contributed by atoms with van der Waals surface area (Å²) >= 11 is 0. The molecular weight excluding hydrogens is 300 g/mol. The van der Waals surface area contributed by atoms with E-state index in [2.05, 4.69) is 30.3 Å². The lowest BCUT2D eigenvalue weighted by atomic mass is 9.65. The molecule has 1 saturated heterocycles. The summed E-state index contributed by atoms with van der Waals surface area (Å²) in [6, 6.07) is 16.7. The maximum atomic E-state index is 12.4. The molecule has 0 amide bonds. The van der Waals surface area contributed by atoms with E-state index < -0.39 is 11.4 Å². The Balaban J connectivity index is 1.85. The van der Waals surface area contributed by atoms with Gasteiger partial charge in [-0.15, -0.1) is 0 Å². The Morgan fingerprint density at radius 1 is 0.958 bits per heavy atom. The number of fused-ring (bicyclic) bond motifs is 7. The average Bonchev–Trinajstić information content (AvgIpc) is 2.83. The molecule has 3 aromatic carbocycles. The third-order valence-electron chi connectivity index (χ3n) is 5.88. The van der Waals surface area contributed by atoms with Gasteiger partial charge < -0.3 is 4.74 Å². The van der Waals surface area contributed by atoms with Crippen molar-refractivity contribution >= 4 is 33.5 Å². The predicted molar refractivity (Wildman–Crippen MR) is 91.7 cm³/mol. The summed E-state index contributed by atoms with van der Waals surface area (Å²) in [6.45, 7) is 1.86. The van der Waals surface area contributed by atoms with Crippen LogP contribution >= 0.6 is 0 Å². The topological polar surface area (TPSA) is 43.4 Å². The van der Waals surface area contributed by atoms with Gasteiger partial charge in [0.05, 0.1) is 5.92 Å². The Labute approximate surface area is 139 Å². The van der Waals surface area contributed by atoms with Gasteiger partial charge in [0.2, 0.25) is 0 Å². The number of aryl methyl sites for hydroxylation is 1. The van der Waals surface area contributed by atoms with Gasteiger partial charge in [-0.2, -0.15) is 0 Å². The van der Waals surface area contributed by atoms with E-state index in [0.717, 1.165) is 12.0 Å². The van der Waals surface area contributed by atoms with E-state index in [1.807, 2.05) is 25.1 Å². The fraction of sp³-hybridized carbons (Fsp3) is 0.238. The van der Waals surface area contributed by atoms with Gasteiger partial charge in [-0.3, -0.25) is 9.59 Å². The summed E-state index contributed by atoms with van der Waals surface area (Å²) in [7, 11) is 0. The standard InChI is InChI=1S/C21H16O3/c1-21-17-10-8-14-13-5-3-2-4-12(13)6-7-15(14)16(17)9-11-18(21)19(22)24-20(21)23/h2-8,10,18H,9,11H2,1H3. The summed E-state index contributed by atoms with van der Waals surface area (Å²) in [5, 5.41) is 4.81. The van der Waals surface area contributed by atoms with Gasteiger partial charge in [0.1, 0.15) is 5.41 Å². The van der Waals surface area contributed by atoms with E-state index in [1.165, 1.54) is 27.1 Å². The Hall–Kier alpha value is -2.68. The second kappa shape index (κ2) is 4.44. The zero-order valence-electron chi connectivity index (χ0n) is 13.3. The quantitative estimate of drug-likeness (QED) is 0.359. The predicted octanol–water partition coefficient (Wildman–Crippen LogP) is 3.90. The van der Waals surface area contributed by atoms with Gasteiger partial charge in [0.25, 0.3) is 0 Å². The molecule has 3 aromatic rings. The van der Waals surface area contributed by atoms with Gasteiger partial charge >= 0.3 is 11.9 Å². The number of cyclic esters (lactones) is 2. The fourth-order valence-electron chi connectivity index (χ4n) is 4.55. The molecule has 0 bridgehead atoms. The molecule has 2 aliphatic rings. The number of benzene rings is 3. The number of carbonyl (C=O) groups is 2. The molecule has 5 rings (SSSR count). The third-order valence-corrected chi connectivity index (χ3v) is 5.88. The van der Waals surface area contributed by atoms with Crippen LogP contribution in [-0.2, 0) is 26.2 Å². The maximum Gasteiger partial charge on any atom is 0.324 e. The van der Waals surface area contributed by atoms with Crippen LogP contribution in [-0.4, -0.2) is 11.9 Å². The zero-order chi connectivity index (χ0) is 16.5. The molecular formula is C21H16O3. The van der Waals surface area contributed by atoms with Crippen molar-refractivity contribution in [3.05, 3.63) is 59.7 Å². The molecule has 0 saturated carbocycles. The van der Waals surface area contributed by atoms with Crippen LogP contribution in [0.5, 0.6) is 0 Å². The highest BCUT2D eigenvalue weighted by molar-refractivity contribution is 6.10. The maximum absolute atomic E-state index is 12.4. The van der Waals surface area contributed by atoms with Gasteiger partial charge in [-0.05, 0) is 52.4 Å². The van der Waals surface area contributed by atoms with Crippen molar-refractivity contribution in [3.63, 3.8) is 0 Å². The third kappa shape index (κ3) is 1.52. The molecule has 1 aliphatic heterocycles. The smallest absolute Gasteiger partial charge is 0.324 e. The number of hydrogen-bond donors (Lipinski definition) is 0. The van der Waals surface area contributed by atoms with Crippen LogP contribution in [0, 0.1) is 5.92 Å². The van der Waals surface area contributed by atoms with Crippen LogP contribution in [0.25, 0.3) is 21.5 Å². The largest absolute Gasteiger partial charge is 0.392 e. The van der Waals surface area contributed by atoms with E-state index in [9.17, 15) is 9.59 Å². The lowest BCUT2D eigenvalue weighted by Crippen LogP contribution is -2.39. The van der Waals surface area contributed by atoms with Crippen molar-refractivity contribution in [2.75, 3.05) is 0 Å². The summed E-state index contributed by atoms with van der Waals surface area (Å²) in [5.74, 6) is -1.12. The minimum Gasteiger partial charge on any atom is -0.392 e. The number of carbonyl (C=O) groups excluding carboxylic acids is 2. The lowest BCUT2D eigenvalue weighted by Gasteiger charge is -2.33. The first-order chi connectivity index (χ1) is 11.6. The van der Waals surface area contributed by atoms with Crippen molar-refractivity contribution in [3.8, 4) is 0 Å². The lowest BCUT2D eigenvalue weighted by molar-refractivity contribution is -0.154. The van der Waals surface area contributed by atoms with Gasteiger partial charge in [-0.1, -0.05) is 48.5 Å². The minimum atomic E-state index is -0.843. The molecule has 3 heteroatoms. The second-order valence-corrected chi connectivity index (χ2v) is 6.98. The minimum absolute atomic E-state index is 0.351. The van der Waals surface area contributed by atoms with Crippen LogP contribution in [0.4, 0.5) is 0 Å².